The number of benzene rings is 1. The molecule has 3 nitrogen and oxygen atoms in total. The fourth-order valence-electron chi connectivity index (χ4n) is 2.14. The Labute approximate surface area is 99.7 Å². The zero-order valence-corrected chi connectivity index (χ0v) is 9.34. The Hall–Kier alpha value is -2.16. The van der Waals surface area contributed by atoms with Gasteiger partial charge in [0.25, 0.3) is 0 Å². The van der Waals surface area contributed by atoms with Gasteiger partial charge >= 0.3 is 0 Å². The predicted molar refractivity (Wildman–Crippen MR) is 65.6 cm³/mol. The lowest BCUT2D eigenvalue weighted by molar-refractivity contribution is -0.117. The van der Waals surface area contributed by atoms with Crippen LogP contribution in [0.3, 0.4) is 0 Å². The summed E-state index contributed by atoms with van der Waals surface area (Å²) in [6.07, 6.45) is 2.25. The van der Waals surface area contributed by atoms with Gasteiger partial charge in [0, 0.05) is 11.9 Å². The molecule has 3 heteroatoms. The molecule has 1 aliphatic heterocycles. The molecule has 1 aromatic carbocycles. The first-order chi connectivity index (χ1) is 8.34. The highest BCUT2D eigenvalue weighted by molar-refractivity contribution is 6.01. The highest BCUT2D eigenvalue weighted by Gasteiger charge is 2.26. The van der Waals surface area contributed by atoms with Crippen molar-refractivity contribution in [3.8, 4) is 0 Å². The van der Waals surface area contributed by atoms with Gasteiger partial charge in [-0.2, -0.15) is 0 Å². The van der Waals surface area contributed by atoms with E-state index in [0.717, 1.165) is 16.9 Å². The third kappa shape index (κ3) is 1.80. The molecule has 84 valence electrons. The van der Waals surface area contributed by atoms with Crippen LogP contribution in [0, 0.1) is 0 Å². The van der Waals surface area contributed by atoms with Crippen molar-refractivity contribution in [3.63, 3.8) is 0 Å². The number of amides is 1. The van der Waals surface area contributed by atoms with Gasteiger partial charge in [-0.3, -0.25) is 9.78 Å². The first kappa shape index (κ1) is 10.0. The summed E-state index contributed by atoms with van der Waals surface area (Å²) in [6.45, 7) is 0.552. The van der Waals surface area contributed by atoms with Crippen molar-refractivity contribution in [2.24, 2.45) is 0 Å². The van der Waals surface area contributed by atoms with Crippen LogP contribution in [0.1, 0.15) is 11.3 Å². The number of aromatic nitrogens is 1. The number of hydrogen-bond donors (Lipinski definition) is 0. The minimum atomic E-state index is 0.150. The number of fused-ring (bicyclic) bond motifs is 1. The van der Waals surface area contributed by atoms with E-state index in [1.165, 1.54) is 0 Å². The maximum absolute atomic E-state index is 11.9. The van der Waals surface area contributed by atoms with Crippen LogP contribution < -0.4 is 4.90 Å². The van der Waals surface area contributed by atoms with Crippen molar-refractivity contribution < 1.29 is 4.79 Å². The molecule has 0 spiro atoms. The van der Waals surface area contributed by atoms with Gasteiger partial charge in [-0.25, -0.2) is 0 Å². The molecule has 0 N–H and O–H groups in total. The molecule has 0 saturated carbocycles. The Morgan fingerprint density at radius 2 is 1.94 bits per heavy atom. The molecule has 2 heterocycles. The Morgan fingerprint density at radius 1 is 1.12 bits per heavy atom. The van der Waals surface area contributed by atoms with Crippen molar-refractivity contribution in [1.29, 1.82) is 0 Å². The number of para-hydroxylation sites is 1. The molecule has 3 rings (SSSR count). The van der Waals surface area contributed by atoms with E-state index < -0.39 is 0 Å². The van der Waals surface area contributed by atoms with E-state index in [4.69, 9.17) is 0 Å². The van der Waals surface area contributed by atoms with E-state index in [-0.39, 0.29) is 5.91 Å². The summed E-state index contributed by atoms with van der Waals surface area (Å²) in [7, 11) is 0. The van der Waals surface area contributed by atoms with Gasteiger partial charge in [-0.1, -0.05) is 24.3 Å². The fraction of sp³-hybridized carbons (Fsp3) is 0.143. The number of rotatable bonds is 2. The largest absolute Gasteiger partial charge is 0.306 e. The molecule has 0 atom stereocenters. The minimum Gasteiger partial charge on any atom is -0.306 e. The van der Waals surface area contributed by atoms with E-state index in [9.17, 15) is 4.79 Å². The van der Waals surface area contributed by atoms with E-state index in [0.29, 0.717) is 13.0 Å². The Kier molecular flexibility index (Phi) is 2.37. The quantitative estimate of drug-likeness (QED) is 0.783. The Bertz CT molecular complexity index is 551. The molecule has 0 saturated heterocycles. The van der Waals surface area contributed by atoms with Crippen molar-refractivity contribution in [2.45, 2.75) is 13.0 Å². The lowest BCUT2D eigenvalue weighted by Crippen LogP contribution is -2.26. The second kappa shape index (κ2) is 4.01. The lowest BCUT2D eigenvalue weighted by atomic mass is 10.2. The minimum absolute atomic E-state index is 0.150. The van der Waals surface area contributed by atoms with Crippen molar-refractivity contribution in [1.82, 2.24) is 4.98 Å². The Balaban J connectivity index is 1.92. The summed E-state index contributed by atoms with van der Waals surface area (Å²) in [4.78, 5) is 18.0. The molecule has 0 fully saturated rings. The van der Waals surface area contributed by atoms with Gasteiger partial charge in [0.1, 0.15) is 0 Å². The van der Waals surface area contributed by atoms with E-state index >= 15 is 0 Å². The highest BCUT2D eigenvalue weighted by Crippen LogP contribution is 2.29. The standard InChI is InChI=1S/C14H12N2O/c17-14-9-11-5-1-2-7-13(11)16(14)10-12-6-3-4-8-15-12/h1-8H,9-10H2. The smallest absolute Gasteiger partial charge is 0.231 e. The molecular formula is C14H12N2O. The zero-order chi connectivity index (χ0) is 11.7. The summed E-state index contributed by atoms with van der Waals surface area (Å²) in [5.74, 6) is 0.150. The topological polar surface area (TPSA) is 33.2 Å². The van der Waals surface area contributed by atoms with Crippen molar-refractivity contribution in [3.05, 3.63) is 59.9 Å². The van der Waals surface area contributed by atoms with Crippen molar-refractivity contribution >= 4 is 11.6 Å². The van der Waals surface area contributed by atoms with E-state index in [1.54, 1.807) is 11.1 Å². The van der Waals surface area contributed by atoms with Crippen LogP contribution in [0.25, 0.3) is 0 Å². The van der Waals surface area contributed by atoms with Crippen LogP contribution in [0.5, 0.6) is 0 Å². The lowest BCUT2D eigenvalue weighted by Gasteiger charge is -2.16. The normalized spacial score (nSPS) is 13.9. The number of anilines is 1. The van der Waals surface area contributed by atoms with Crippen molar-refractivity contribution in [2.75, 3.05) is 4.90 Å². The maximum Gasteiger partial charge on any atom is 0.231 e. The molecule has 1 aromatic heterocycles. The van der Waals surface area contributed by atoms with Gasteiger partial charge in [0.15, 0.2) is 0 Å². The fourth-order valence-corrected chi connectivity index (χ4v) is 2.14. The summed E-state index contributed by atoms with van der Waals surface area (Å²) < 4.78 is 0. The molecular weight excluding hydrogens is 212 g/mol. The van der Waals surface area contributed by atoms with E-state index in [1.807, 2.05) is 42.5 Å². The number of carbonyl (C=O) groups excluding carboxylic acids is 1. The highest BCUT2D eigenvalue weighted by atomic mass is 16.2. The second-order valence-electron chi connectivity index (χ2n) is 4.11. The van der Waals surface area contributed by atoms with Gasteiger partial charge < -0.3 is 4.90 Å². The van der Waals surface area contributed by atoms with Crippen LogP contribution >= 0.6 is 0 Å². The molecule has 0 radical (unpaired) electrons. The monoisotopic (exact) mass is 224 g/mol. The van der Waals surface area contributed by atoms with Gasteiger partial charge in [-0.05, 0) is 23.8 Å². The molecule has 0 aliphatic carbocycles. The SMILES string of the molecule is O=C1Cc2ccccc2N1Cc1ccccn1. The first-order valence-corrected chi connectivity index (χ1v) is 5.63. The molecule has 0 unspecified atom stereocenters. The maximum atomic E-state index is 11.9. The number of pyridine rings is 1. The second-order valence-corrected chi connectivity index (χ2v) is 4.11. The van der Waals surface area contributed by atoms with Crippen LogP contribution in [0.2, 0.25) is 0 Å². The predicted octanol–water partition coefficient (Wildman–Crippen LogP) is 2.17. The average Bonchev–Trinajstić information content (AvgIpc) is 2.68. The van der Waals surface area contributed by atoms with Gasteiger partial charge in [-0.15, -0.1) is 0 Å². The zero-order valence-electron chi connectivity index (χ0n) is 9.34. The summed E-state index contributed by atoms with van der Waals surface area (Å²) in [5.41, 5.74) is 3.04. The summed E-state index contributed by atoms with van der Waals surface area (Å²) in [6, 6.07) is 13.7. The summed E-state index contributed by atoms with van der Waals surface area (Å²) >= 11 is 0. The Morgan fingerprint density at radius 3 is 2.76 bits per heavy atom. The number of carbonyl (C=O) groups is 1. The third-order valence-electron chi connectivity index (χ3n) is 2.97. The molecule has 2 aromatic rings. The van der Waals surface area contributed by atoms with Gasteiger partial charge in [0.2, 0.25) is 5.91 Å². The number of hydrogen-bond acceptors (Lipinski definition) is 2. The van der Waals surface area contributed by atoms with Crippen LogP contribution in [-0.4, -0.2) is 10.9 Å². The average molecular weight is 224 g/mol. The molecule has 1 amide bonds. The van der Waals surface area contributed by atoms with Gasteiger partial charge in [0.05, 0.1) is 18.7 Å². The first-order valence-electron chi connectivity index (χ1n) is 5.63. The van der Waals surface area contributed by atoms with Crippen LogP contribution in [0.15, 0.2) is 48.7 Å². The third-order valence-corrected chi connectivity index (χ3v) is 2.97. The van der Waals surface area contributed by atoms with E-state index in [2.05, 4.69) is 4.98 Å². The molecule has 17 heavy (non-hydrogen) atoms. The van der Waals surface area contributed by atoms with Crippen LogP contribution in [-0.2, 0) is 17.8 Å². The molecule has 1 aliphatic rings. The van der Waals surface area contributed by atoms with Crippen LogP contribution in [0.4, 0.5) is 5.69 Å². The summed E-state index contributed by atoms with van der Waals surface area (Å²) in [5, 5.41) is 0. The number of nitrogens with zero attached hydrogens (tertiary/aromatic N) is 2. The molecule has 0 bridgehead atoms.